The minimum absolute atomic E-state index is 0.344. The Morgan fingerprint density at radius 2 is 1.83 bits per heavy atom. The van der Waals surface area contributed by atoms with Gasteiger partial charge in [0.2, 0.25) is 0 Å². The van der Waals surface area contributed by atoms with Gasteiger partial charge < -0.3 is 4.74 Å². The van der Waals surface area contributed by atoms with Crippen LogP contribution in [0.2, 0.25) is 0 Å². The van der Waals surface area contributed by atoms with E-state index in [0.717, 1.165) is 5.56 Å². The van der Waals surface area contributed by atoms with Gasteiger partial charge in [-0.15, -0.1) is 0 Å². The SMILES string of the molecule is C=COc1ccc(F)cc1C#Cc1ccccc1. The van der Waals surface area contributed by atoms with Crippen LogP contribution in [0.1, 0.15) is 11.1 Å². The summed E-state index contributed by atoms with van der Waals surface area (Å²) in [7, 11) is 0. The minimum atomic E-state index is -0.344. The molecule has 1 nitrogen and oxygen atoms in total. The summed E-state index contributed by atoms with van der Waals surface area (Å²) in [5.74, 6) is 6.00. The van der Waals surface area contributed by atoms with E-state index in [-0.39, 0.29) is 5.82 Å². The van der Waals surface area contributed by atoms with Crippen LogP contribution in [-0.2, 0) is 0 Å². The Labute approximate surface area is 106 Å². The van der Waals surface area contributed by atoms with Gasteiger partial charge >= 0.3 is 0 Å². The van der Waals surface area contributed by atoms with Gasteiger partial charge in [0.25, 0.3) is 0 Å². The van der Waals surface area contributed by atoms with Crippen LogP contribution in [0.25, 0.3) is 0 Å². The topological polar surface area (TPSA) is 9.23 Å². The second-order valence-electron chi connectivity index (χ2n) is 3.54. The lowest BCUT2D eigenvalue weighted by atomic mass is 10.1. The predicted molar refractivity (Wildman–Crippen MR) is 69.6 cm³/mol. The van der Waals surface area contributed by atoms with Gasteiger partial charge in [-0.3, -0.25) is 0 Å². The summed E-state index contributed by atoms with van der Waals surface area (Å²) >= 11 is 0. The van der Waals surface area contributed by atoms with E-state index in [9.17, 15) is 4.39 Å². The van der Waals surface area contributed by atoms with Gasteiger partial charge in [0.1, 0.15) is 11.6 Å². The highest BCUT2D eigenvalue weighted by Gasteiger charge is 2.01. The zero-order valence-corrected chi connectivity index (χ0v) is 9.69. The van der Waals surface area contributed by atoms with Crippen LogP contribution in [0.5, 0.6) is 5.75 Å². The summed E-state index contributed by atoms with van der Waals surface area (Å²) < 4.78 is 18.3. The van der Waals surface area contributed by atoms with E-state index in [1.165, 1.54) is 24.5 Å². The third kappa shape index (κ3) is 2.99. The number of benzene rings is 2. The lowest BCUT2D eigenvalue weighted by molar-refractivity contribution is 0.480. The Kier molecular flexibility index (Phi) is 3.78. The van der Waals surface area contributed by atoms with Crippen molar-refractivity contribution in [1.82, 2.24) is 0 Å². The van der Waals surface area contributed by atoms with Crippen LogP contribution in [0.4, 0.5) is 4.39 Å². The van der Waals surface area contributed by atoms with Crippen LogP contribution in [0, 0.1) is 17.7 Å². The average molecular weight is 238 g/mol. The van der Waals surface area contributed by atoms with Crippen LogP contribution in [0.3, 0.4) is 0 Å². The number of hydrogen-bond acceptors (Lipinski definition) is 1. The van der Waals surface area contributed by atoms with Crippen molar-refractivity contribution in [3.05, 3.63) is 78.3 Å². The maximum absolute atomic E-state index is 13.2. The fraction of sp³-hybridized carbons (Fsp3) is 0. The van der Waals surface area contributed by atoms with Crippen LogP contribution in [-0.4, -0.2) is 0 Å². The third-order valence-corrected chi connectivity index (χ3v) is 2.27. The molecule has 0 bridgehead atoms. The number of hydrogen-bond donors (Lipinski definition) is 0. The summed E-state index contributed by atoms with van der Waals surface area (Å²) in [5.41, 5.74) is 1.37. The van der Waals surface area contributed by atoms with Crippen molar-refractivity contribution < 1.29 is 9.13 Å². The highest BCUT2D eigenvalue weighted by molar-refractivity contribution is 5.50. The van der Waals surface area contributed by atoms with Crippen molar-refractivity contribution in [3.8, 4) is 17.6 Å². The second-order valence-corrected chi connectivity index (χ2v) is 3.54. The Hall–Kier alpha value is -2.53. The van der Waals surface area contributed by atoms with Gasteiger partial charge in [0.15, 0.2) is 0 Å². The molecule has 0 aromatic heterocycles. The lowest BCUT2D eigenvalue weighted by Crippen LogP contribution is -1.88. The van der Waals surface area contributed by atoms with Gasteiger partial charge in [-0.1, -0.05) is 36.6 Å². The van der Waals surface area contributed by atoms with E-state index >= 15 is 0 Å². The molecule has 0 aliphatic rings. The molecule has 0 fully saturated rings. The Morgan fingerprint density at radius 1 is 1.06 bits per heavy atom. The van der Waals surface area contributed by atoms with E-state index in [2.05, 4.69) is 18.4 Å². The standard InChI is InChI=1S/C16H11FO/c1-2-18-16-11-10-15(17)12-14(16)9-8-13-6-4-3-5-7-13/h2-7,10-12H,1H2. The molecule has 0 saturated carbocycles. The van der Waals surface area contributed by atoms with Crippen LogP contribution >= 0.6 is 0 Å². The summed E-state index contributed by atoms with van der Waals surface area (Å²) in [6.07, 6.45) is 1.29. The molecule has 0 radical (unpaired) electrons. The molecule has 0 atom stereocenters. The Morgan fingerprint density at radius 3 is 2.56 bits per heavy atom. The molecule has 0 spiro atoms. The maximum Gasteiger partial charge on any atom is 0.142 e. The molecule has 0 unspecified atom stereocenters. The summed E-state index contributed by atoms with van der Waals surface area (Å²) in [5, 5.41) is 0. The first kappa shape index (κ1) is 11.9. The van der Waals surface area contributed by atoms with Gasteiger partial charge in [0, 0.05) is 5.56 Å². The molecule has 0 amide bonds. The molecule has 0 N–H and O–H groups in total. The fourth-order valence-electron chi connectivity index (χ4n) is 1.45. The van der Waals surface area contributed by atoms with E-state index in [1.807, 2.05) is 30.3 Å². The lowest BCUT2D eigenvalue weighted by Gasteiger charge is -2.02. The number of halogens is 1. The third-order valence-electron chi connectivity index (χ3n) is 2.27. The van der Waals surface area contributed by atoms with E-state index < -0.39 is 0 Å². The predicted octanol–water partition coefficient (Wildman–Crippen LogP) is 3.75. The van der Waals surface area contributed by atoms with E-state index in [0.29, 0.717) is 11.3 Å². The summed E-state index contributed by atoms with van der Waals surface area (Å²) in [6.45, 7) is 3.47. The van der Waals surface area contributed by atoms with Gasteiger partial charge in [-0.05, 0) is 30.3 Å². The molecule has 2 heteroatoms. The monoisotopic (exact) mass is 238 g/mol. The molecular formula is C16H11FO. The largest absolute Gasteiger partial charge is 0.464 e. The van der Waals surface area contributed by atoms with Crippen molar-refractivity contribution in [1.29, 1.82) is 0 Å². The average Bonchev–Trinajstić information content (AvgIpc) is 2.40. The molecule has 0 saturated heterocycles. The first-order valence-electron chi connectivity index (χ1n) is 5.44. The number of ether oxygens (including phenoxy) is 1. The Bertz CT molecular complexity index is 606. The van der Waals surface area contributed by atoms with Gasteiger partial charge in [-0.2, -0.15) is 0 Å². The van der Waals surface area contributed by atoms with Crippen molar-refractivity contribution >= 4 is 0 Å². The van der Waals surface area contributed by atoms with Gasteiger partial charge in [-0.25, -0.2) is 4.39 Å². The first-order valence-corrected chi connectivity index (χ1v) is 5.44. The highest BCUT2D eigenvalue weighted by atomic mass is 19.1. The van der Waals surface area contributed by atoms with Crippen molar-refractivity contribution in [2.75, 3.05) is 0 Å². The van der Waals surface area contributed by atoms with Crippen molar-refractivity contribution in [2.45, 2.75) is 0 Å². The highest BCUT2D eigenvalue weighted by Crippen LogP contribution is 2.19. The zero-order chi connectivity index (χ0) is 12.8. The van der Waals surface area contributed by atoms with Crippen LogP contribution in [0.15, 0.2) is 61.4 Å². The molecule has 2 aromatic rings. The normalized spacial score (nSPS) is 9.17. The minimum Gasteiger partial charge on any atom is -0.464 e. The summed E-state index contributed by atoms with van der Waals surface area (Å²) in [6, 6.07) is 13.7. The van der Waals surface area contributed by atoms with Crippen molar-refractivity contribution in [3.63, 3.8) is 0 Å². The smallest absolute Gasteiger partial charge is 0.142 e. The molecular weight excluding hydrogens is 227 g/mol. The fourth-order valence-corrected chi connectivity index (χ4v) is 1.45. The number of rotatable bonds is 2. The van der Waals surface area contributed by atoms with E-state index in [4.69, 9.17) is 4.74 Å². The van der Waals surface area contributed by atoms with Crippen molar-refractivity contribution in [2.24, 2.45) is 0 Å². The quantitative estimate of drug-likeness (QED) is 0.572. The molecule has 2 aromatic carbocycles. The molecule has 0 heterocycles. The molecule has 0 aliphatic carbocycles. The Balaban J connectivity index is 2.36. The molecule has 0 aliphatic heterocycles. The summed E-state index contributed by atoms with van der Waals surface area (Å²) in [4.78, 5) is 0. The molecule has 18 heavy (non-hydrogen) atoms. The first-order chi connectivity index (χ1) is 8.79. The molecule has 2 rings (SSSR count). The van der Waals surface area contributed by atoms with Gasteiger partial charge in [0.05, 0.1) is 11.8 Å². The maximum atomic E-state index is 13.2. The van der Waals surface area contributed by atoms with Crippen LogP contribution < -0.4 is 4.74 Å². The molecule has 88 valence electrons. The van der Waals surface area contributed by atoms with E-state index in [1.54, 1.807) is 0 Å². The zero-order valence-electron chi connectivity index (χ0n) is 9.69. The second kappa shape index (κ2) is 5.70.